The number of anilines is 1. The van der Waals surface area contributed by atoms with Gasteiger partial charge < -0.3 is 10.5 Å². The molecular weight excluding hydrogens is 236 g/mol. The summed E-state index contributed by atoms with van der Waals surface area (Å²) in [4.78, 5) is 4.05. The molecule has 88 valence electrons. The summed E-state index contributed by atoms with van der Waals surface area (Å²) >= 11 is 5.82. The number of hydrogen-bond acceptors (Lipinski definition) is 3. The van der Waals surface area contributed by atoms with Crippen LogP contribution in [0.1, 0.15) is 18.6 Å². The van der Waals surface area contributed by atoms with Crippen molar-refractivity contribution in [2.75, 3.05) is 5.73 Å². The van der Waals surface area contributed by atoms with Crippen molar-refractivity contribution in [2.24, 2.45) is 0 Å². The fourth-order valence-corrected chi connectivity index (χ4v) is 1.68. The van der Waals surface area contributed by atoms with Gasteiger partial charge in [0.25, 0.3) is 0 Å². The van der Waals surface area contributed by atoms with E-state index in [0.29, 0.717) is 16.5 Å². The van der Waals surface area contributed by atoms with Gasteiger partial charge in [0.1, 0.15) is 11.9 Å². The molecule has 17 heavy (non-hydrogen) atoms. The summed E-state index contributed by atoms with van der Waals surface area (Å²) in [6, 6.07) is 9.03. The normalized spacial score (nSPS) is 12.1. The highest BCUT2D eigenvalue weighted by Gasteiger charge is 2.09. The van der Waals surface area contributed by atoms with Crippen molar-refractivity contribution in [2.45, 2.75) is 13.0 Å². The third-order valence-electron chi connectivity index (χ3n) is 2.43. The molecule has 3 nitrogen and oxygen atoms in total. The van der Waals surface area contributed by atoms with Crippen molar-refractivity contribution >= 4 is 17.3 Å². The molecule has 4 heteroatoms. The van der Waals surface area contributed by atoms with Crippen molar-refractivity contribution in [1.29, 1.82) is 0 Å². The Morgan fingerprint density at radius 2 is 2.18 bits per heavy atom. The van der Waals surface area contributed by atoms with Crippen LogP contribution >= 0.6 is 11.6 Å². The molecule has 0 aliphatic heterocycles. The molecule has 1 aromatic heterocycles. The lowest BCUT2D eigenvalue weighted by molar-refractivity contribution is 0.228. The second-order valence-corrected chi connectivity index (χ2v) is 4.17. The molecule has 1 atom stereocenters. The summed E-state index contributed by atoms with van der Waals surface area (Å²) in [5.74, 6) is 0.630. The van der Waals surface area contributed by atoms with E-state index in [9.17, 15) is 0 Å². The maximum atomic E-state index is 5.82. The molecule has 1 unspecified atom stereocenters. The first kappa shape index (κ1) is 11.7. The highest BCUT2D eigenvalue weighted by Crippen LogP contribution is 2.29. The third-order valence-corrected chi connectivity index (χ3v) is 2.66. The van der Waals surface area contributed by atoms with Gasteiger partial charge in [-0.15, -0.1) is 0 Å². The number of halogens is 1. The largest absolute Gasteiger partial charge is 0.484 e. The SMILES string of the molecule is CC(Oc1ccc(Cl)cc1N)c1cccnc1. The monoisotopic (exact) mass is 248 g/mol. The molecule has 0 aliphatic carbocycles. The first-order valence-electron chi connectivity index (χ1n) is 5.28. The Balaban J connectivity index is 2.16. The molecule has 2 N–H and O–H groups in total. The van der Waals surface area contributed by atoms with Gasteiger partial charge in [-0.25, -0.2) is 0 Å². The molecule has 2 rings (SSSR count). The topological polar surface area (TPSA) is 48.1 Å². The predicted octanol–water partition coefficient (Wildman–Crippen LogP) is 3.46. The summed E-state index contributed by atoms with van der Waals surface area (Å²) < 4.78 is 5.76. The van der Waals surface area contributed by atoms with Crippen LogP contribution in [0.15, 0.2) is 42.7 Å². The second-order valence-electron chi connectivity index (χ2n) is 3.73. The number of hydrogen-bond donors (Lipinski definition) is 1. The molecule has 0 aliphatic rings. The molecule has 1 aromatic carbocycles. The Kier molecular flexibility index (Phi) is 3.49. The number of benzene rings is 1. The van der Waals surface area contributed by atoms with Crippen LogP contribution in [-0.2, 0) is 0 Å². The van der Waals surface area contributed by atoms with Crippen molar-refractivity contribution < 1.29 is 4.74 Å². The first-order chi connectivity index (χ1) is 8.16. The zero-order chi connectivity index (χ0) is 12.3. The van der Waals surface area contributed by atoms with Gasteiger partial charge in [-0.1, -0.05) is 17.7 Å². The zero-order valence-corrected chi connectivity index (χ0v) is 10.2. The van der Waals surface area contributed by atoms with Gasteiger partial charge in [-0.2, -0.15) is 0 Å². The summed E-state index contributed by atoms with van der Waals surface area (Å²) in [6.07, 6.45) is 3.40. The van der Waals surface area contributed by atoms with Crippen molar-refractivity contribution in [1.82, 2.24) is 4.98 Å². The number of nitrogens with zero attached hydrogens (tertiary/aromatic N) is 1. The molecular formula is C13H13ClN2O. The van der Waals surface area contributed by atoms with Gasteiger partial charge in [0.15, 0.2) is 0 Å². The van der Waals surface area contributed by atoms with Crippen LogP contribution in [0.4, 0.5) is 5.69 Å². The van der Waals surface area contributed by atoms with Crippen LogP contribution < -0.4 is 10.5 Å². The van der Waals surface area contributed by atoms with E-state index in [2.05, 4.69) is 4.98 Å². The predicted molar refractivity (Wildman–Crippen MR) is 69.1 cm³/mol. The number of pyridine rings is 1. The molecule has 0 saturated carbocycles. The minimum Gasteiger partial charge on any atom is -0.484 e. The lowest BCUT2D eigenvalue weighted by Crippen LogP contribution is -2.05. The molecule has 2 aromatic rings. The van der Waals surface area contributed by atoms with Crippen LogP contribution in [0.5, 0.6) is 5.75 Å². The number of ether oxygens (including phenoxy) is 1. The lowest BCUT2D eigenvalue weighted by atomic mass is 10.2. The van der Waals surface area contributed by atoms with Gasteiger partial charge >= 0.3 is 0 Å². The third kappa shape index (κ3) is 2.88. The van der Waals surface area contributed by atoms with Gasteiger partial charge in [0.05, 0.1) is 5.69 Å². The number of nitrogens with two attached hydrogens (primary N) is 1. The van der Waals surface area contributed by atoms with E-state index >= 15 is 0 Å². The van der Waals surface area contributed by atoms with E-state index in [4.69, 9.17) is 22.1 Å². The van der Waals surface area contributed by atoms with Crippen LogP contribution in [0.3, 0.4) is 0 Å². The highest BCUT2D eigenvalue weighted by atomic mass is 35.5. The van der Waals surface area contributed by atoms with Crippen LogP contribution in [0.25, 0.3) is 0 Å². The first-order valence-corrected chi connectivity index (χ1v) is 5.66. The second kappa shape index (κ2) is 5.06. The number of nitrogen functional groups attached to an aromatic ring is 1. The standard InChI is InChI=1S/C13H13ClN2O/c1-9(10-3-2-6-16-8-10)17-13-5-4-11(14)7-12(13)15/h2-9H,15H2,1H3. The summed E-state index contributed by atoms with van der Waals surface area (Å²) in [7, 11) is 0. The lowest BCUT2D eigenvalue weighted by Gasteiger charge is -2.16. The Morgan fingerprint density at radius 3 is 2.82 bits per heavy atom. The van der Waals surface area contributed by atoms with Crippen LogP contribution in [-0.4, -0.2) is 4.98 Å². The Labute approximate surface area is 105 Å². The molecule has 0 spiro atoms. The molecule has 0 saturated heterocycles. The maximum absolute atomic E-state index is 5.82. The molecule has 0 amide bonds. The summed E-state index contributed by atoms with van der Waals surface area (Å²) in [6.45, 7) is 1.95. The van der Waals surface area contributed by atoms with Crippen LogP contribution in [0, 0.1) is 0 Å². The zero-order valence-electron chi connectivity index (χ0n) is 9.43. The highest BCUT2D eigenvalue weighted by molar-refractivity contribution is 6.30. The molecule has 0 bridgehead atoms. The van der Waals surface area contributed by atoms with E-state index in [1.165, 1.54) is 0 Å². The van der Waals surface area contributed by atoms with Crippen molar-refractivity contribution in [3.8, 4) is 5.75 Å². The molecule has 0 fully saturated rings. The van der Waals surface area contributed by atoms with Crippen LogP contribution in [0.2, 0.25) is 5.02 Å². The van der Waals surface area contributed by atoms with Gasteiger partial charge in [-0.3, -0.25) is 4.98 Å². The van der Waals surface area contributed by atoms with Gasteiger partial charge in [0, 0.05) is 23.0 Å². The Hall–Kier alpha value is -1.74. The fraction of sp³-hybridized carbons (Fsp3) is 0.154. The smallest absolute Gasteiger partial charge is 0.143 e. The number of aromatic nitrogens is 1. The average molecular weight is 249 g/mol. The van der Waals surface area contributed by atoms with E-state index in [-0.39, 0.29) is 6.10 Å². The quantitative estimate of drug-likeness (QED) is 0.847. The Morgan fingerprint density at radius 1 is 1.35 bits per heavy atom. The fourth-order valence-electron chi connectivity index (χ4n) is 1.50. The van der Waals surface area contributed by atoms with Crippen molar-refractivity contribution in [3.05, 3.63) is 53.3 Å². The average Bonchev–Trinajstić information content (AvgIpc) is 2.34. The maximum Gasteiger partial charge on any atom is 0.143 e. The van der Waals surface area contributed by atoms with E-state index in [0.717, 1.165) is 5.56 Å². The van der Waals surface area contributed by atoms with E-state index < -0.39 is 0 Å². The van der Waals surface area contributed by atoms with Crippen molar-refractivity contribution in [3.63, 3.8) is 0 Å². The minimum atomic E-state index is -0.104. The summed E-state index contributed by atoms with van der Waals surface area (Å²) in [5, 5.41) is 0.601. The van der Waals surface area contributed by atoms with E-state index in [1.54, 1.807) is 30.6 Å². The van der Waals surface area contributed by atoms with Gasteiger partial charge in [-0.05, 0) is 31.2 Å². The molecule has 1 heterocycles. The van der Waals surface area contributed by atoms with E-state index in [1.807, 2.05) is 19.1 Å². The Bertz CT molecular complexity index is 502. The molecule has 0 radical (unpaired) electrons. The number of rotatable bonds is 3. The summed E-state index contributed by atoms with van der Waals surface area (Å²) in [5.41, 5.74) is 7.36. The van der Waals surface area contributed by atoms with Gasteiger partial charge in [0.2, 0.25) is 0 Å². The minimum absolute atomic E-state index is 0.104.